The van der Waals surface area contributed by atoms with Crippen LogP contribution in [0.15, 0.2) is 35.5 Å². The molecule has 7 heteroatoms. The van der Waals surface area contributed by atoms with Gasteiger partial charge in [0.05, 0.1) is 22.6 Å². The van der Waals surface area contributed by atoms with Gasteiger partial charge in [-0.25, -0.2) is 9.98 Å². The van der Waals surface area contributed by atoms with Crippen molar-refractivity contribution in [2.75, 3.05) is 11.4 Å². The number of Topliss-reactive ketones (excluding diaryl/α,β-unsaturated/α-hetero) is 1. The second kappa shape index (κ2) is 5.38. The first-order valence-electron chi connectivity index (χ1n) is 7.74. The van der Waals surface area contributed by atoms with Crippen LogP contribution >= 0.6 is 11.6 Å². The first kappa shape index (κ1) is 15.8. The van der Waals surface area contributed by atoms with Gasteiger partial charge in [0.2, 0.25) is 5.78 Å². The molecule has 0 bridgehead atoms. The Labute approximate surface area is 149 Å². The van der Waals surface area contributed by atoms with E-state index in [0.717, 1.165) is 5.56 Å². The Morgan fingerprint density at radius 2 is 2.20 bits per heavy atom. The molecule has 1 fully saturated rings. The Kier molecular flexibility index (Phi) is 3.39. The molecule has 25 heavy (non-hydrogen) atoms. The van der Waals surface area contributed by atoms with Gasteiger partial charge in [-0.2, -0.15) is 5.26 Å². The van der Waals surface area contributed by atoms with Crippen LogP contribution in [0.4, 0.5) is 11.4 Å². The number of amidine groups is 1. The molecule has 124 valence electrons. The fourth-order valence-corrected chi connectivity index (χ4v) is 3.46. The number of nitriles is 1. The second-order valence-electron chi connectivity index (χ2n) is 6.18. The maximum Gasteiger partial charge on any atom is 0.204 e. The summed E-state index contributed by atoms with van der Waals surface area (Å²) in [5.41, 5.74) is 0.969. The lowest BCUT2D eigenvalue weighted by Crippen LogP contribution is -2.48. The highest BCUT2D eigenvalue weighted by molar-refractivity contribution is 6.32. The molecular weight excluding hydrogens is 340 g/mol. The highest BCUT2D eigenvalue weighted by atomic mass is 35.5. The number of hydrogen-bond acceptors (Lipinski definition) is 6. The number of aliphatic imine (C=N–C) groups is 1. The van der Waals surface area contributed by atoms with Crippen molar-refractivity contribution in [3.05, 3.63) is 52.3 Å². The van der Waals surface area contributed by atoms with Crippen molar-refractivity contribution in [2.45, 2.75) is 18.9 Å². The molecule has 2 aliphatic heterocycles. The molecule has 2 aromatic rings. The average molecular weight is 353 g/mol. The zero-order valence-corrected chi connectivity index (χ0v) is 14.1. The largest absolute Gasteiger partial charge is 0.374 e. The Bertz CT molecular complexity index is 995. The third-order valence-corrected chi connectivity index (χ3v) is 4.85. The SMILES string of the molecule is Cc1ccc2c(c1)C(=O)[C@]1(O)CCN(c3cnc(C#N)c(Cl)c3)C1=N2. The van der Waals surface area contributed by atoms with Crippen molar-refractivity contribution in [1.29, 1.82) is 5.26 Å². The Morgan fingerprint density at radius 1 is 1.40 bits per heavy atom. The molecule has 6 nitrogen and oxygen atoms in total. The zero-order chi connectivity index (χ0) is 17.8. The van der Waals surface area contributed by atoms with Gasteiger partial charge in [-0.05, 0) is 25.1 Å². The molecule has 4 rings (SSSR count). The molecule has 3 heterocycles. The summed E-state index contributed by atoms with van der Waals surface area (Å²) in [4.78, 5) is 23.2. The fraction of sp³-hybridized carbons (Fsp3) is 0.222. The molecule has 0 unspecified atom stereocenters. The van der Waals surface area contributed by atoms with Crippen LogP contribution in [0.5, 0.6) is 0 Å². The van der Waals surface area contributed by atoms with Gasteiger partial charge in [0.1, 0.15) is 11.9 Å². The number of benzene rings is 1. The Hall–Kier alpha value is -2.75. The van der Waals surface area contributed by atoms with Crippen LogP contribution in [0, 0.1) is 18.3 Å². The minimum Gasteiger partial charge on any atom is -0.374 e. The number of carbonyl (C=O) groups is 1. The standard InChI is InChI=1S/C18H13ClN4O2/c1-10-2-3-14-12(6-10)16(24)18(25)4-5-23(17(18)22-14)11-7-13(19)15(8-20)21-9-11/h2-3,6-7,9,25H,4-5H2,1H3/t18-/m1/s1. The number of pyridine rings is 1. The van der Waals surface area contributed by atoms with Gasteiger partial charge >= 0.3 is 0 Å². The number of aliphatic hydroxyl groups is 1. The van der Waals surface area contributed by atoms with E-state index >= 15 is 0 Å². The van der Waals surface area contributed by atoms with Gasteiger partial charge in [0, 0.05) is 18.5 Å². The van der Waals surface area contributed by atoms with Gasteiger partial charge in [0.15, 0.2) is 11.3 Å². The molecule has 1 N–H and O–H groups in total. The number of carbonyl (C=O) groups excluding carboxylic acids is 1. The van der Waals surface area contributed by atoms with E-state index in [1.165, 1.54) is 6.20 Å². The van der Waals surface area contributed by atoms with E-state index in [1.54, 1.807) is 23.1 Å². The van der Waals surface area contributed by atoms with Crippen LogP contribution in [0.3, 0.4) is 0 Å². The van der Waals surface area contributed by atoms with E-state index in [1.807, 2.05) is 19.1 Å². The van der Waals surface area contributed by atoms with Crippen molar-refractivity contribution < 1.29 is 9.90 Å². The van der Waals surface area contributed by atoms with Gasteiger partial charge in [-0.1, -0.05) is 23.2 Å². The zero-order valence-electron chi connectivity index (χ0n) is 13.3. The number of fused-ring (bicyclic) bond motifs is 2. The minimum atomic E-state index is -1.65. The highest BCUT2D eigenvalue weighted by Crippen LogP contribution is 2.40. The van der Waals surface area contributed by atoms with Gasteiger partial charge in [-0.15, -0.1) is 0 Å². The highest BCUT2D eigenvalue weighted by Gasteiger charge is 2.52. The van der Waals surface area contributed by atoms with Gasteiger partial charge in [0.25, 0.3) is 0 Å². The lowest BCUT2D eigenvalue weighted by Gasteiger charge is -2.29. The summed E-state index contributed by atoms with van der Waals surface area (Å²) in [7, 11) is 0. The van der Waals surface area contributed by atoms with E-state index < -0.39 is 5.60 Å². The Balaban J connectivity index is 1.84. The summed E-state index contributed by atoms with van der Waals surface area (Å²) >= 11 is 6.06. The molecule has 1 atom stereocenters. The quantitative estimate of drug-likeness (QED) is 0.852. The van der Waals surface area contributed by atoms with E-state index in [9.17, 15) is 9.90 Å². The summed E-state index contributed by atoms with van der Waals surface area (Å²) in [6.45, 7) is 2.29. The third kappa shape index (κ3) is 2.24. The van der Waals surface area contributed by atoms with Crippen LogP contribution in [-0.4, -0.2) is 33.9 Å². The normalized spacial score (nSPS) is 21.4. The van der Waals surface area contributed by atoms with Crippen molar-refractivity contribution in [3.63, 3.8) is 0 Å². The molecule has 1 aromatic heterocycles. The van der Waals surface area contributed by atoms with Crippen molar-refractivity contribution in [3.8, 4) is 6.07 Å². The molecule has 0 aliphatic carbocycles. The molecular formula is C18H13ClN4O2. The van der Waals surface area contributed by atoms with Crippen LogP contribution < -0.4 is 4.90 Å². The topological polar surface area (TPSA) is 89.6 Å². The van der Waals surface area contributed by atoms with Crippen molar-refractivity contribution in [1.82, 2.24) is 4.98 Å². The molecule has 2 aliphatic rings. The molecule has 0 amide bonds. The van der Waals surface area contributed by atoms with Crippen LogP contribution in [-0.2, 0) is 0 Å². The van der Waals surface area contributed by atoms with Crippen LogP contribution in [0.2, 0.25) is 5.02 Å². The molecule has 1 aromatic carbocycles. The van der Waals surface area contributed by atoms with E-state index in [0.29, 0.717) is 23.5 Å². The number of hydrogen-bond donors (Lipinski definition) is 1. The number of nitrogens with zero attached hydrogens (tertiary/aromatic N) is 4. The summed E-state index contributed by atoms with van der Waals surface area (Å²) in [5.74, 6) is -0.0668. The summed E-state index contributed by atoms with van der Waals surface area (Å²) < 4.78 is 0. The number of halogens is 1. The Morgan fingerprint density at radius 3 is 2.92 bits per heavy atom. The van der Waals surface area contributed by atoms with Crippen LogP contribution in [0.25, 0.3) is 0 Å². The number of ketones is 1. The molecule has 0 radical (unpaired) electrons. The second-order valence-corrected chi connectivity index (χ2v) is 6.59. The van der Waals surface area contributed by atoms with Crippen molar-refractivity contribution in [2.24, 2.45) is 4.99 Å². The maximum absolute atomic E-state index is 12.9. The average Bonchev–Trinajstić information content (AvgIpc) is 2.94. The van der Waals surface area contributed by atoms with Crippen molar-refractivity contribution >= 4 is 34.6 Å². The predicted octanol–water partition coefficient (Wildman–Crippen LogP) is 2.78. The number of anilines is 1. The summed E-state index contributed by atoms with van der Waals surface area (Å²) in [5, 5.41) is 20.2. The summed E-state index contributed by atoms with van der Waals surface area (Å²) in [6, 6.07) is 8.90. The first-order valence-corrected chi connectivity index (χ1v) is 8.12. The number of aromatic nitrogens is 1. The van der Waals surface area contributed by atoms with E-state index in [4.69, 9.17) is 16.9 Å². The lowest BCUT2D eigenvalue weighted by molar-refractivity contribution is 0.0602. The van der Waals surface area contributed by atoms with E-state index in [-0.39, 0.29) is 28.8 Å². The van der Waals surface area contributed by atoms with Crippen LogP contribution in [0.1, 0.15) is 28.0 Å². The fourth-order valence-electron chi connectivity index (χ4n) is 3.26. The number of rotatable bonds is 1. The molecule has 0 spiro atoms. The first-order chi connectivity index (χ1) is 11.9. The smallest absolute Gasteiger partial charge is 0.204 e. The predicted molar refractivity (Wildman–Crippen MR) is 93.5 cm³/mol. The lowest BCUT2D eigenvalue weighted by atomic mass is 9.87. The molecule has 0 saturated carbocycles. The number of aryl methyl sites for hydroxylation is 1. The maximum atomic E-state index is 12.9. The molecule has 1 saturated heterocycles. The monoisotopic (exact) mass is 352 g/mol. The summed E-state index contributed by atoms with van der Waals surface area (Å²) in [6.07, 6.45) is 1.73. The van der Waals surface area contributed by atoms with Gasteiger partial charge < -0.3 is 10.0 Å². The minimum absolute atomic E-state index is 0.127. The van der Waals surface area contributed by atoms with E-state index in [2.05, 4.69) is 9.98 Å². The third-order valence-electron chi connectivity index (χ3n) is 4.57. The van der Waals surface area contributed by atoms with Gasteiger partial charge in [-0.3, -0.25) is 4.79 Å².